The van der Waals surface area contributed by atoms with Crippen LogP contribution in [-0.4, -0.2) is 54.9 Å². The van der Waals surface area contributed by atoms with Gasteiger partial charge in [0.1, 0.15) is 5.25 Å². The van der Waals surface area contributed by atoms with Crippen LogP contribution in [0.1, 0.15) is 33.1 Å². The number of carbonyl (C=O) groups is 2. The summed E-state index contributed by atoms with van der Waals surface area (Å²) in [6, 6.07) is 0. The molecular weight excluding hydrogens is 282 g/mol. The highest BCUT2D eigenvalue weighted by Crippen LogP contribution is 2.26. The van der Waals surface area contributed by atoms with Crippen LogP contribution < -0.4 is 0 Å². The van der Waals surface area contributed by atoms with E-state index in [4.69, 9.17) is 5.11 Å². The molecule has 1 amide bonds. The number of likely N-dealkylation sites (tertiary alicyclic amines) is 1. The zero-order valence-electron chi connectivity index (χ0n) is 12.2. The Kier molecular flexibility index (Phi) is 5.56. The van der Waals surface area contributed by atoms with Crippen LogP contribution in [-0.2, 0) is 19.4 Å². The van der Waals surface area contributed by atoms with Crippen LogP contribution in [0.5, 0.6) is 0 Å². The molecule has 6 nitrogen and oxygen atoms in total. The highest BCUT2D eigenvalue weighted by Gasteiger charge is 2.33. The van der Waals surface area contributed by atoms with Crippen molar-refractivity contribution in [2.75, 3.05) is 19.3 Å². The number of rotatable bonds is 5. The Balaban J connectivity index is 2.69. The Hall–Kier alpha value is -1.11. The van der Waals surface area contributed by atoms with Crippen LogP contribution in [0.2, 0.25) is 0 Å². The molecule has 0 aromatic heterocycles. The van der Waals surface area contributed by atoms with Gasteiger partial charge in [-0.05, 0) is 31.6 Å². The van der Waals surface area contributed by atoms with Gasteiger partial charge in [0.05, 0.1) is 0 Å². The van der Waals surface area contributed by atoms with Gasteiger partial charge in [-0.25, -0.2) is 8.42 Å². The fourth-order valence-corrected chi connectivity index (χ4v) is 3.07. The maximum absolute atomic E-state index is 12.2. The third-order valence-electron chi connectivity index (χ3n) is 4.06. The second kappa shape index (κ2) is 6.56. The minimum Gasteiger partial charge on any atom is -0.481 e. The Morgan fingerprint density at radius 1 is 1.35 bits per heavy atom. The summed E-state index contributed by atoms with van der Waals surface area (Å²) in [5.74, 6) is -1.11. The molecule has 0 radical (unpaired) electrons. The number of amides is 1. The zero-order valence-corrected chi connectivity index (χ0v) is 13.0. The molecule has 7 heteroatoms. The van der Waals surface area contributed by atoms with E-state index in [1.807, 2.05) is 6.92 Å². The maximum atomic E-state index is 12.2. The van der Waals surface area contributed by atoms with E-state index < -0.39 is 21.1 Å². The van der Waals surface area contributed by atoms with Gasteiger partial charge in [-0.1, -0.05) is 6.92 Å². The van der Waals surface area contributed by atoms with Crippen molar-refractivity contribution in [2.45, 2.75) is 38.4 Å². The molecule has 1 rings (SSSR count). The summed E-state index contributed by atoms with van der Waals surface area (Å²) in [5.41, 5.74) is 0. The molecule has 0 aliphatic carbocycles. The Morgan fingerprint density at radius 3 is 2.45 bits per heavy atom. The molecule has 116 valence electrons. The Labute approximate surface area is 120 Å². The van der Waals surface area contributed by atoms with E-state index in [2.05, 4.69) is 0 Å². The van der Waals surface area contributed by atoms with Crippen molar-refractivity contribution in [3.8, 4) is 0 Å². The normalized spacial score (nSPS) is 23.1. The second-order valence-corrected chi connectivity index (χ2v) is 8.10. The molecular formula is C13H23NO5S. The summed E-state index contributed by atoms with van der Waals surface area (Å²) in [7, 11) is -3.39. The Bertz CT molecular complexity index is 473. The average molecular weight is 305 g/mol. The summed E-state index contributed by atoms with van der Waals surface area (Å²) >= 11 is 0. The van der Waals surface area contributed by atoms with E-state index in [-0.39, 0.29) is 24.2 Å². The average Bonchev–Trinajstić information content (AvgIpc) is 2.35. The monoisotopic (exact) mass is 305 g/mol. The van der Waals surface area contributed by atoms with Crippen molar-refractivity contribution in [3.63, 3.8) is 0 Å². The highest BCUT2D eigenvalue weighted by molar-refractivity contribution is 7.92. The largest absolute Gasteiger partial charge is 0.481 e. The van der Waals surface area contributed by atoms with E-state index in [0.29, 0.717) is 13.1 Å². The van der Waals surface area contributed by atoms with E-state index in [1.165, 1.54) is 6.92 Å². The van der Waals surface area contributed by atoms with Crippen LogP contribution in [0, 0.1) is 11.8 Å². The molecule has 1 heterocycles. The quantitative estimate of drug-likeness (QED) is 0.810. The molecule has 1 N–H and O–H groups in total. The molecule has 0 spiro atoms. The molecule has 0 bridgehead atoms. The SMILES string of the molecule is CC(CC(=O)O)C1CCCN(C(=O)C(C)S(C)(=O)=O)C1. The summed E-state index contributed by atoms with van der Waals surface area (Å²) < 4.78 is 22.9. The second-order valence-electron chi connectivity index (χ2n) is 5.73. The molecule has 1 fully saturated rings. The van der Waals surface area contributed by atoms with E-state index in [1.54, 1.807) is 4.90 Å². The van der Waals surface area contributed by atoms with Crippen molar-refractivity contribution in [2.24, 2.45) is 11.8 Å². The van der Waals surface area contributed by atoms with Crippen molar-refractivity contribution in [1.82, 2.24) is 4.90 Å². The number of sulfone groups is 1. The van der Waals surface area contributed by atoms with Gasteiger partial charge in [-0.2, -0.15) is 0 Å². The van der Waals surface area contributed by atoms with E-state index in [0.717, 1.165) is 19.1 Å². The molecule has 20 heavy (non-hydrogen) atoms. The fourth-order valence-electron chi connectivity index (χ4n) is 2.56. The molecule has 0 aromatic rings. The predicted octanol–water partition coefficient (Wildman–Crippen LogP) is 0.769. The van der Waals surface area contributed by atoms with Gasteiger partial charge in [-0.15, -0.1) is 0 Å². The molecule has 0 saturated carbocycles. The van der Waals surface area contributed by atoms with Crippen LogP contribution >= 0.6 is 0 Å². The van der Waals surface area contributed by atoms with Crippen LogP contribution in [0.4, 0.5) is 0 Å². The van der Waals surface area contributed by atoms with Gasteiger partial charge < -0.3 is 10.0 Å². The third kappa shape index (κ3) is 4.47. The number of carbonyl (C=O) groups excluding carboxylic acids is 1. The van der Waals surface area contributed by atoms with Crippen molar-refractivity contribution in [3.05, 3.63) is 0 Å². The number of carboxylic acids is 1. The Morgan fingerprint density at radius 2 is 1.95 bits per heavy atom. The van der Waals surface area contributed by atoms with Gasteiger partial charge in [0.25, 0.3) is 0 Å². The van der Waals surface area contributed by atoms with E-state index >= 15 is 0 Å². The lowest BCUT2D eigenvalue weighted by molar-refractivity contribution is -0.138. The summed E-state index contributed by atoms with van der Waals surface area (Å²) in [6.07, 6.45) is 2.81. The number of carboxylic acid groups (broad SMARTS) is 1. The first-order valence-electron chi connectivity index (χ1n) is 6.82. The minimum absolute atomic E-state index is 0.0170. The van der Waals surface area contributed by atoms with Gasteiger partial charge >= 0.3 is 5.97 Å². The van der Waals surface area contributed by atoms with Crippen molar-refractivity contribution in [1.29, 1.82) is 0 Å². The fraction of sp³-hybridized carbons (Fsp3) is 0.846. The first-order valence-corrected chi connectivity index (χ1v) is 8.77. The third-order valence-corrected chi connectivity index (χ3v) is 5.55. The highest BCUT2D eigenvalue weighted by atomic mass is 32.2. The topological polar surface area (TPSA) is 91.8 Å². The lowest BCUT2D eigenvalue weighted by Gasteiger charge is -2.36. The van der Waals surface area contributed by atoms with Gasteiger partial charge in [0.15, 0.2) is 9.84 Å². The lowest BCUT2D eigenvalue weighted by Crippen LogP contribution is -2.47. The van der Waals surface area contributed by atoms with Gasteiger partial charge in [0, 0.05) is 25.8 Å². The number of nitrogens with zero attached hydrogens (tertiary/aromatic N) is 1. The molecule has 3 atom stereocenters. The first-order chi connectivity index (χ1) is 9.12. The standard InChI is InChI=1S/C13H23NO5S/c1-9(7-12(15)16)11-5-4-6-14(8-11)13(17)10(2)20(3,18)19/h9-11H,4-8H2,1-3H3,(H,15,16). The minimum atomic E-state index is -3.39. The lowest BCUT2D eigenvalue weighted by atomic mass is 9.84. The van der Waals surface area contributed by atoms with Gasteiger partial charge in [0.2, 0.25) is 5.91 Å². The predicted molar refractivity (Wildman–Crippen MR) is 75.0 cm³/mol. The van der Waals surface area contributed by atoms with Crippen molar-refractivity contribution < 1.29 is 23.1 Å². The molecule has 0 aromatic carbocycles. The smallest absolute Gasteiger partial charge is 0.303 e. The molecule has 1 aliphatic rings. The molecule has 1 aliphatic heterocycles. The number of aliphatic carboxylic acids is 1. The van der Waals surface area contributed by atoms with Crippen molar-refractivity contribution >= 4 is 21.7 Å². The molecule has 3 unspecified atom stereocenters. The van der Waals surface area contributed by atoms with Gasteiger partial charge in [-0.3, -0.25) is 9.59 Å². The van der Waals surface area contributed by atoms with Crippen LogP contribution in [0.15, 0.2) is 0 Å². The molecule has 1 saturated heterocycles. The van der Waals surface area contributed by atoms with E-state index in [9.17, 15) is 18.0 Å². The first kappa shape index (κ1) is 16.9. The summed E-state index contributed by atoms with van der Waals surface area (Å²) in [5, 5.41) is 7.79. The number of hydrogen-bond donors (Lipinski definition) is 1. The van der Waals surface area contributed by atoms with Crippen LogP contribution in [0.3, 0.4) is 0 Å². The summed E-state index contributed by atoms with van der Waals surface area (Å²) in [4.78, 5) is 24.5. The zero-order chi connectivity index (χ0) is 15.5. The van der Waals surface area contributed by atoms with Crippen LogP contribution in [0.25, 0.3) is 0 Å². The maximum Gasteiger partial charge on any atom is 0.303 e. The summed E-state index contributed by atoms with van der Waals surface area (Å²) in [6.45, 7) is 4.27. The number of hydrogen-bond acceptors (Lipinski definition) is 4. The number of piperidine rings is 1.